The first-order valence-electron chi connectivity index (χ1n) is 9.25. The van der Waals surface area contributed by atoms with E-state index in [4.69, 9.17) is 9.47 Å². The Labute approximate surface area is 145 Å². The van der Waals surface area contributed by atoms with E-state index in [2.05, 4.69) is 25.2 Å². The van der Waals surface area contributed by atoms with Crippen molar-refractivity contribution in [1.82, 2.24) is 5.32 Å². The summed E-state index contributed by atoms with van der Waals surface area (Å²) in [5, 5.41) is 14.3. The van der Waals surface area contributed by atoms with Crippen LogP contribution < -0.4 is 10.1 Å². The first-order valence-corrected chi connectivity index (χ1v) is 9.25. The number of unbranched alkanes of at least 4 members (excludes halogenated alkanes) is 2. The predicted molar refractivity (Wildman–Crippen MR) is 96.0 cm³/mol. The standard InChI is InChI=1S/C20H31NO3/c1-5-6-7-10-20(11-12-21-3)17-14(13-16-19(20,2)24-16)8-9-15(23-4)18(17)22/h8-9,16,21-22H,5-7,10-13H2,1-4H3. The van der Waals surface area contributed by atoms with Gasteiger partial charge in [0.1, 0.15) is 5.60 Å². The van der Waals surface area contributed by atoms with Crippen LogP contribution in [0, 0.1) is 0 Å². The molecule has 134 valence electrons. The summed E-state index contributed by atoms with van der Waals surface area (Å²) in [6, 6.07) is 4.00. The summed E-state index contributed by atoms with van der Waals surface area (Å²) >= 11 is 0. The number of fused-ring (bicyclic) bond motifs is 2. The number of rotatable bonds is 8. The number of benzene rings is 1. The van der Waals surface area contributed by atoms with Crippen molar-refractivity contribution in [2.45, 2.75) is 69.5 Å². The van der Waals surface area contributed by atoms with E-state index in [-0.39, 0.29) is 17.1 Å². The molecule has 0 bridgehead atoms. The molecule has 1 saturated heterocycles. The van der Waals surface area contributed by atoms with Crippen molar-refractivity contribution >= 4 is 0 Å². The van der Waals surface area contributed by atoms with Crippen LogP contribution in [0.2, 0.25) is 0 Å². The number of hydrogen-bond donors (Lipinski definition) is 2. The van der Waals surface area contributed by atoms with Crippen LogP contribution in [0.3, 0.4) is 0 Å². The summed E-state index contributed by atoms with van der Waals surface area (Å²) < 4.78 is 11.7. The van der Waals surface area contributed by atoms with E-state index in [9.17, 15) is 5.11 Å². The van der Waals surface area contributed by atoms with Crippen molar-refractivity contribution in [1.29, 1.82) is 0 Å². The normalized spacial score (nSPS) is 30.6. The molecule has 4 heteroatoms. The summed E-state index contributed by atoms with van der Waals surface area (Å²) in [4.78, 5) is 0. The molecule has 24 heavy (non-hydrogen) atoms. The van der Waals surface area contributed by atoms with E-state index < -0.39 is 0 Å². The minimum absolute atomic E-state index is 0.151. The molecule has 0 radical (unpaired) electrons. The van der Waals surface area contributed by atoms with Crippen LogP contribution in [0.5, 0.6) is 11.5 Å². The van der Waals surface area contributed by atoms with Crippen LogP contribution in [0.25, 0.3) is 0 Å². The topological polar surface area (TPSA) is 54.0 Å². The van der Waals surface area contributed by atoms with Crippen LogP contribution in [-0.4, -0.2) is 37.5 Å². The number of hydrogen-bond acceptors (Lipinski definition) is 4. The maximum Gasteiger partial charge on any atom is 0.161 e. The Hall–Kier alpha value is -1.26. The highest BCUT2D eigenvalue weighted by Crippen LogP contribution is 2.63. The molecule has 1 aliphatic carbocycles. The van der Waals surface area contributed by atoms with Gasteiger partial charge in [0, 0.05) is 17.4 Å². The fraction of sp³-hybridized carbons (Fsp3) is 0.700. The lowest BCUT2D eigenvalue weighted by molar-refractivity contribution is 0.162. The van der Waals surface area contributed by atoms with Gasteiger partial charge in [-0.05, 0) is 45.0 Å². The molecular formula is C20H31NO3. The molecular weight excluding hydrogens is 302 g/mol. The Morgan fingerprint density at radius 2 is 2.12 bits per heavy atom. The van der Waals surface area contributed by atoms with E-state index >= 15 is 0 Å². The Balaban J connectivity index is 2.10. The van der Waals surface area contributed by atoms with Crippen molar-refractivity contribution in [3.8, 4) is 11.5 Å². The van der Waals surface area contributed by atoms with Gasteiger partial charge in [-0.1, -0.05) is 32.3 Å². The number of phenols is 1. The maximum absolute atomic E-state index is 11.0. The third-order valence-electron chi connectivity index (χ3n) is 6.23. The molecule has 2 N–H and O–H groups in total. The highest BCUT2D eigenvalue weighted by molar-refractivity contribution is 5.58. The molecule has 2 aliphatic rings. The Kier molecular flexibility index (Phi) is 4.80. The van der Waals surface area contributed by atoms with E-state index in [0.717, 1.165) is 37.8 Å². The van der Waals surface area contributed by atoms with Gasteiger partial charge in [-0.3, -0.25) is 0 Å². The van der Waals surface area contributed by atoms with Gasteiger partial charge in [0.25, 0.3) is 0 Å². The number of nitrogens with one attached hydrogen (secondary N) is 1. The third-order valence-corrected chi connectivity index (χ3v) is 6.23. The molecule has 0 saturated carbocycles. The fourth-order valence-electron chi connectivity index (χ4n) is 4.74. The predicted octanol–water partition coefficient (Wildman–Crippen LogP) is 3.54. The SMILES string of the molecule is CCCCCC1(CCNC)c2c(ccc(OC)c2O)CC2OC21C. The lowest BCUT2D eigenvalue weighted by Crippen LogP contribution is -2.47. The fourth-order valence-corrected chi connectivity index (χ4v) is 4.74. The zero-order valence-electron chi connectivity index (χ0n) is 15.4. The summed E-state index contributed by atoms with van der Waals surface area (Å²) in [5.41, 5.74) is 1.97. The first kappa shape index (κ1) is 17.6. The maximum atomic E-state index is 11.0. The van der Waals surface area contributed by atoms with Gasteiger partial charge >= 0.3 is 0 Å². The molecule has 1 aliphatic heterocycles. The molecule has 0 aromatic heterocycles. The van der Waals surface area contributed by atoms with Crippen molar-refractivity contribution in [2.24, 2.45) is 0 Å². The van der Waals surface area contributed by atoms with Crippen molar-refractivity contribution < 1.29 is 14.6 Å². The number of phenolic OH excluding ortho intramolecular Hbond substituents is 1. The molecule has 0 amide bonds. The highest BCUT2D eigenvalue weighted by Gasteiger charge is 2.68. The number of aromatic hydroxyl groups is 1. The highest BCUT2D eigenvalue weighted by atomic mass is 16.6. The van der Waals surface area contributed by atoms with Crippen molar-refractivity contribution in [2.75, 3.05) is 20.7 Å². The van der Waals surface area contributed by atoms with Gasteiger partial charge in [0.05, 0.1) is 13.2 Å². The lowest BCUT2D eigenvalue weighted by Gasteiger charge is -2.43. The molecule has 0 spiro atoms. The second-order valence-corrected chi connectivity index (χ2v) is 7.46. The van der Waals surface area contributed by atoms with E-state index in [1.807, 2.05) is 13.1 Å². The minimum Gasteiger partial charge on any atom is -0.504 e. The van der Waals surface area contributed by atoms with E-state index in [1.54, 1.807) is 7.11 Å². The van der Waals surface area contributed by atoms with Crippen molar-refractivity contribution in [3.63, 3.8) is 0 Å². The zero-order valence-corrected chi connectivity index (χ0v) is 15.4. The Morgan fingerprint density at radius 1 is 1.33 bits per heavy atom. The average Bonchev–Trinajstić information content (AvgIpc) is 3.25. The molecule has 3 atom stereocenters. The number of methoxy groups -OCH3 is 1. The van der Waals surface area contributed by atoms with Crippen molar-refractivity contribution in [3.05, 3.63) is 23.3 Å². The minimum atomic E-state index is -0.172. The van der Waals surface area contributed by atoms with Crippen LogP contribution >= 0.6 is 0 Å². The van der Waals surface area contributed by atoms with Gasteiger partial charge < -0.3 is 19.9 Å². The van der Waals surface area contributed by atoms with Crippen LogP contribution in [0.4, 0.5) is 0 Å². The second-order valence-electron chi connectivity index (χ2n) is 7.46. The third kappa shape index (κ3) is 2.51. The Bertz CT molecular complexity index is 603. The molecule has 1 fully saturated rings. The number of epoxide rings is 1. The summed E-state index contributed by atoms with van der Waals surface area (Å²) in [6.07, 6.45) is 6.73. The van der Waals surface area contributed by atoms with Gasteiger partial charge in [-0.25, -0.2) is 0 Å². The summed E-state index contributed by atoms with van der Waals surface area (Å²) in [7, 11) is 3.61. The zero-order chi connectivity index (χ0) is 17.4. The summed E-state index contributed by atoms with van der Waals surface area (Å²) in [6.45, 7) is 5.38. The van der Waals surface area contributed by atoms with Gasteiger partial charge in [-0.15, -0.1) is 0 Å². The monoisotopic (exact) mass is 333 g/mol. The van der Waals surface area contributed by atoms with E-state index in [0.29, 0.717) is 11.5 Å². The largest absolute Gasteiger partial charge is 0.504 e. The van der Waals surface area contributed by atoms with Crippen LogP contribution in [-0.2, 0) is 16.6 Å². The average molecular weight is 333 g/mol. The molecule has 1 aromatic carbocycles. The van der Waals surface area contributed by atoms with Crippen LogP contribution in [0.1, 0.15) is 57.1 Å². The molecule has 1 heterocycles. The van der Waals surface area contributed by atoms with Gasteiger partial charge in [-0.2, -0.15) is 0 Å². The Morgan fingerprint density at radius 3 is 2.79 bits per heavy atom. The summed E-state index contributed by atoms with van der Waals surface area (Å²) in [5.74, 6) is 0.888. The smallest absolute Gasteiger partial charge is 0.161 e. The van der Waals surface area contributed by atoms with Gasteiger partial charge in [0.2, 0.25) is 0 Å². The van der Waals surface area contributed by atoms with Crippen LogP contribution in [0.15, 0.2) is 12.1 Å². The lowest BCUT2D eigenvalue weighted by atomic mass is 9.59. The molecule has 3 rings (SSSR count). The second kappa shape index (κ2) is 6.57. The first-order chi connectivity index (χ1) is 11.5. The molecule has 4 nitrogen and oxygen atoms in total. The van der Waals surface area contributed by atoms with E-state index in [1.165, 1.54) is 18.4 Å². The molecule has 1 aromatic rings. The quantitative estimate of drug-likeness (QED) is 0.564. The number of ether oxygens (including phenoxy) is 2. The van der Waals surface area contributed by atoms with Gasteiger partial charge in [0.15, 0.2) is 11.5 Å². The molecule has 3 unspecified atom stereocenters.